The topological polar surface area (TPSA) is 175 Å². The summed E-state index contributed by atoms with van der Waals surface area (Å²) in [5.41, 5.74) is 7.44. The Morgan fingerprint density at radius 1 is 1.06 bits per heavy atom. The predicted molar refractivity (Wildman–Crippen MR) is 180 cm³/mol. The van der Waals surface area contributed by atoms with Crippen LogP contribution < -0.4 is 16.4 Å². The number of hydrogen-bond acceptors (Lipinski definition) is 8. The van der Waals surface area contributed by atoms with Crippen LogP contribution in [0.4, 0.5) is 4.79 Å². The van der Waals surface area contributed by atoms with Gasteiger partial charge in [0.2, 0.25) is 11.8 Å². The van der Waals surface area contributed by atoms with Crippen LogP contribution in [0.25, 0.3) is 0 Å². The first kappa shape index (κ1) is 36.3. The van der Waals surface area contributed by atoms with Gasteiger partial charge in [0.05, 0.1) is 22.9 Å². The van der Waals surface area contributed by atoms with Crippen molar-refractivity contribution < 1.29 is 27.9 Å². The van der Waals surface area contributed by atoms with E-state index in [0.717, 1.165) is 43.1 Å². The summed E-state index contributed by atoms with van der Waals surface area (Å²) >= 11 is 0. The number of nitrogens with zero attached hydrogens (tertiary/aromatic N) is 3. The number of carbonyl (C=O) groups excluding carboxylic acids is 3. The molecular weight excluding hydrogens is 620 g/mol. The number of primary amides is 1. The fraction of sp³-hybridized carbons (Fsp3) is 0.588. The van der Waals surface area contributed by atoms with Gasteiger partial charge in [-0.15, -0.1) is 0 Å². The van der Waals surface area contributed by atoms with Gasteiger partial charge in [0.1, 0.15) is 6.04 Å². The molecule has 2 heterocycles. The quantitative estimate of drug-likeness (QED) is 0.250. The van der Waals surface area contributed by atoms with Crippen molar-refractivity contribution in [3.63, 3.8) is 0 Å². The van der Waals surface area contributed by atoms with Crippen molar-refractivity contribution in [1.82, 2.24) is 25.4 Å². The molecule has 1 saturated heterocycles. The Morgan fingerprint density at radius 2 is 1.72 bits per heavy atom. The first-order valence-electron chi connectivity index (χ1n) is 16.3. The van der Waals surface area contributed by atoms with Gasteiger partial charge in [0, 0.05) is 45.3 Å². The number of carbonyl (C=O) groups is 3. The minimum absolute atomic E-state index is 0.0922. The second kappa shape index (κ2) is 15.6. The minimum atomic E-state index is -3.87. The highest BCUT2D eigenvalue weighted by Gasteiger charge is 2.46. The number of pyridine rings is 1. The van der Waals surface area contributed by atoms with Gasteiger partial charge in [-0.3, -0.25) is 19.5 Å². The van der Waals surface area contributed by atoms with E-state index in [1.165, 1.54) is 25.8 Å². The number of β-amino-alcohol motifs (C(OH)–C–C–N with tert-alkyl or cyclic N) is 1. The fourth-order valence-corrected chi connectivity index (χ4v) is 7.42. The second-order valence-electron chi connectivity index (χ2n) is 13.8. The molecule has 2 aliphatic rings. The van der Waals surface area contributed by atoms with Gasteiger partial charge in [-0.2, -0.15) is 0 Å². The Balaban J connectivity index is 1.57. The van der Waals surface area contributed by atoms with Gasteiger partial charge in [-0.1, -0.05) is 55.7 Å². The summed E-state index contributed by atoms with van der Waals surface area (Å²) in [5, 5.41) is 17.3. The van der Waals surface area contributed by atoms with Crippen LogP contribution >= 0.6 is 0 Å². The fourth-order valence-electron chi connectivity index (χ4n) is 6.82. The second-order valence-corrected chi connectivity index (χ2v) is 16.4. The zero-order valence-electron chi connectivity index (χ0n) is 27.8. The summed E-state index contributed by atoms with van der Waals surface area (Å²) in [5.74, 6) is -0.347. The van der Waals surface area contributed by atoms with Crippen LogP contribution in [0.2, 0.25) is 0 Å². The number of aromatic nitrogens is 1. The van der Waals surface area contributed by atoms with Crippen LogP contribution in [0.1, 0.15) is 57.1 Å². The van der Waals surface area contributed by atoms with Crippen molar-refractivity contribution in [3.8, 4) is 0 Å². The van der Waals surface area contributed by atoms with E-state index in [4.69, 9.17) is 5.73 Å². The van der Waals surface area contributed by atoms with Crippen molar-refractivity contribution in [2.45, 2.75) is 87.9 Å². The number of piperidine rings is 1. The third-order valence-electron chi connectivity index (χ3n) is 10.0. The summed E-state index contributed by atoms with van der Waals surface area (Å²) in [6.07, 6.45) is 8.39. The van der Waals surface area contributed by atoms with E-state index in [1.807, 2.05) is 35.2 Å². The Bertz CT molecular complexity index is 1470. The van der Waals surface area contributed by atoms with Gasteiger partial charge in [0.25, 0.3) is 0 Å². The van der Waals surface area contributed by atoms with Crippen LogP contribution in [-0.2, 0) is 32.4 Å². The van der Waals surface area contributed by atoms with Crippen molar-refractivity contribution in [2.75, 3.05) is 26.4 Å². The van der Waals surface area contributed by atoms with Gasteiger partial charge >= 0.3 is 6.03 Å². The summed E-state index contributed by atoms with van der Waals surface area (Å²) in [6.45, 7) is 3.69. The number of nitrogens with one attached hydrogen (secondary N) is 2. The molecule has 12 nitrogen and oxygen atoms in total. The number of aliphatic hydroxyl groups is 1. The van der Waals surface area contributed by atoms with Gasteiger partial charge in [-0.05, 0) is 62.1 Å². The average molecular weight is 671 g/mol. The van der Waals surface area contributed by atoms with Crippen molar-refractivity contribution >= 4 is 27.7 Å². The van der Waals surface area contributed by atoms with Crippen LogP contribution in [-0.4, -0.2) is 102 Å². The number of rotatable bonds is 13. The van der Waals surface area contributed by atoms with Crippen molar-refractivity contribution in [3.05, 3.63) is 66.0 Å². The van der Waals surface area contributed by atoms with Crippen LogP contribution in [0.5, 0.6) is 0 Å². The largest absolute Gasteiger partial charge is 0.390 e. The molecule has 13 heteroatoms. The maximum Gasteiger partial charge on any atom is 0.318 e. The highest BCUT2D eigenvalue weighted by Crippen LogP contribution is 2.38. The summed E-state index contributed by atoms with van der Waals surface area (Å²) < 4.78 is 24.2. The van der Waals surface area contributed by atoms with Gasteiger partial charge < -0.3 is 26.4 Å². The number of nitrogens with two attached hydrogens (primary N) is 1. The maximum atomic E-state index is 14.1. The number of likely N-dealkylation sites (tertiary alicyclic amines) is 1. The lowest BCUT2D eigenvalue weighted by molar-refractivity contribution is -0.129. The Kier molecular flexibility index (Phi) is 12.0. The van der Waals surface area contributed by atoms with Crippen LogP contribution in [0, 0.1) is 11.8 Å². The first-order chi connectivity index (χ1) is 22.2. The van der Waals surface area contributed by atoms with Gasteiger partial charge in [0.15, 0.2) is 9.84 Å². The monoisotopic (exact) mass is 670 g/mol. The number of urea groups is 1. The molecule has 0 spiro atoms. The van der Waals surface area contributed by atoms with E-state index in [-0.39, 0.29) is 19.5 Å². The lowest BCUT2D eigenvalue weighted by Gasteiger charge is -2.46. The molecule has 6 atom stereocenters. The third kappa shape index (κ3) is 9.29. The molecule has 1 saturated carbocycles. The molecule has 258 valence electrons. The van der Waals surface area contributed by atoms with Crippen molar-refractivity contribution in [1.29, 1.82) is 0 Å². The van der Waals surface area contributed by atoms with Crippen molar-refractivity contribution in [2.24, 2.45) is 17.6 Å². The van der Waals surface area contributed by atoms with E-state index < -0.39 is 56.7 Å². The molecule has 5 N–H and O–H groups in total. The molecule has 1 aromatic carbocycles. The lowest BCUT2D eigenvalue weighted by Crippen LogP contribution is -2.64. The Labute approximate surface area is 278 Å². The molecule has 1 aromatic heterocycles. The summed E-state index contributed by atoms with van der Waals surface area (Å²) in [4.78, 5) is 47.3. The highest BCUT2D eigenvalue weighted by molar-refractivity contribution is 7.92. The molecule has 0 radical (unpaired) electrons. The minimum Gasteiger partial charge on any atom is -0.390 e. The van der Waals surface area contributed by atoms with Crippen LogP contribution in [0.3, 0.4) is 0 Å². The third-order valence-corrected chi connectivity index (χ3v) is 12.2. The molecule has 1 aliphatic heterocycles. The molecule has 0 bridgehead atoms. The Morgan fingerprint density at radius 3 is 2.34 bits per heavy atom. The maximum absolute atomic E-state index is 14.1. The first-order valence-corrected chi connectivity index (χ1v) is 18.2. The van der Waals surface area contributed by atoms with E-state index >= 15 is 0 Å². The molecule has 4 amide bonds. The normalized spacial score (nSPS) is 22.3. The zero-order valence-corrected chi connectivity index (χ0v) is 28.7. The number of benzene rings is 1. The SMILES string of the molecule is CN(Cc1cccnc1)C(=O)N[C@H](C(=O)N[C@@H](Cc1ccccc1)[C@H](O)CN1CC2CCCCC2C[C@H]1C(N)=O)C(C)(C)S(C)(=O)=O. The number of aliphatic hydroxyl groups excluding tert-OH is 1. The average Bonchev–Trinajstić information content (AvgIpc) is 3.03. The zero-order chi connectivity index (χ0) is 34.4. The molecule has 2 unspecified atom stereocenters. The lowest BCUT2D eigenvalue weighted by atomic mass is 9.72. The number of hydrogen-bond donors (Lipinski definition) is 4. The predicted octanol–water partition coefficient (Wildman–Crippen LogP) is 1.87. The molecular formula is C34H50N6O6S. The molecule has 2 fully saturated rings. The van der Waals surface area contributed by atoms with E-state index in [0.29, 0.717) is 24.8 Å². The number of fused-ring (bicyclic) bond motifs is 1. The van der Waals surface area contributed by atoms with Crippen LogP contribution in [0.15, 0.2) is 54.9 Å². The molecule has 4 rings (SSSR count). The molecule has 2 aromatic rings. The van der Waals surface area contributed by atoms with Gasteiger partial charge in [-0.25, -0.2) is 13.2 Å². The smallest absolute Gasteiger partial charge is 0.318 e. The molecule has 47 heavy (non-hydrogen) atoms. The van der Waals surface area contributed by atoms with E-state index in [1.54, 1.807) is 24.5 Å². The number of amides is 4. The summed E-state index contributed by atoms with van der Waals surface area (Å²) in [6, 6.07) is 9.32. The molecule has 1 aliphatic carbocycles. The Hall–Kier alpha value is -3.55. The van der Waals surface area contributed by atoms with E-state index in [2.05, 4.69) is 15.6 Å². The highest BCUT2D eigenvalue weighted by atomic mass is 32.2. The standard InChI is InChI=1S/C34H50N6O6S/c1-34(2,47(4,45)46)30(38-33(44)39(3)20-24-13-10-16-36-19-24)32(43)37-27(17-23-11-6-5-7-12-23)29(41)22-40-21-26-15-9-8-14-25(26)18-28(40)31(35)42/h5-7,10-13,16,19,25-30,41H,8-9,14-15,17-18,20-22H2,1-4H3,(H2,35,42)(H,37,43)(H,38,44)/t25?,26?,27-,28-,29+,30+/m0/s1. The number of sulfone groups is 1. The van der Waals surface area contributed by atoms with E-state index in [9.17, 15) is 27.9 Å². The summed E-state index contributed by atoms with van der Waals surface area (Å²) in [7, 11) is -2.33.